The lowest BCUT2D eigenvalue weighted by Crippen LogP contribution is -2.54. The minimum atomic E-state index is -0.129. The number of rotatable bonds is 2. The molecule has 1 heterocycles. The van der Waals surface area contributed by atoms with Crippen LogP contribution in [0.2, 0.25) is 0 Å². The Labute approximate surface area is 117 Å². The summed E-state index contributed by atoms with van der Waals surface area (Å²) in [5.74, 6) is -0.129. The molecule has 2 nitrogen and oxygen atoms in total. The quantitative estimate of drug-likeness (QED) is 0.900. The molecule has 4 heteroatoms. The molecule has 1 fully saturated rings. The van der Waals surface area contributed by atoms with Crippen LogP contribution in [-0.4, -0.2) is 30.1 Å². The highest BCUT2D eigenvalue weighted by molar-refractivity contribution is 9.10. The van der Waals surface area contributed by atoms with Gasteiger partial charge in [0.2, 0.25) is 0 Å². The summed E-state index contributed by atoms with van der Waals surface area (Å²) in [4.78, 5) is 2.35. The zero-order valence-corrected chi connectivity index (χ0v) is 12.7. The van der Waals surface area contributed by atoms with Crippen LogP contribution in [0.1, 0.15) is 32.4 Å². The van der Waals surface area contributed by atoms with Gasteiger partial charge in [-0.25, -0.2) is 4.39 Å². The van der Waals surface area contributed by atoms with Crippen LogP contribution in [0.25, 0.3) is 0 Å². The molecule has 3 atom stereocenters. The van der Waals surface area contributed by atoms with E-state index >= 15 is 0 Å². The van der Waals surface area contributed by atoms with E-state index in [0.29, 0.717) is 12.1 Å². The molecule has 3 unspecified atom stereocenters. The summed E-state index contributed by atoms with van der Waals surface area (Å²) in [6.07, 6.45) is 0. The number of nitrogens with zero attached hydrogens (tertiary/aromatic N) is 1. The van der Waals surface area contributed by atoms with Crippen molar-refractivity contribution in [2.45, 2.75) is 38.9 Å². The zero-order chi connectivity index (χ0) is 13.3. The van der Waals surface area contributed by atoms with Crippen molar-refractivity contribution < 1.29 is 4.39 Å². The van der Waals surface area contributed by atoms with Gasteiger partial charge in [0, 0.05) is 41.3 Å². The minimum absolute atomic E-state index is 0.116. The molecule has 1 aromatic rings. The van der Waals surface area contributed by atoms with Gasteiger partial charge >= 0.3 is 0 Å². The Hall–Kier alpha value is -0.450. The lowest BCUT2D eigenvalue weighted by atomic mass is 10.0. The second-order valence-electron chi connectivity index (χ2n) is 5.26. The maximum atomic E-state index is 14.0. The fourth-order valence-electron chi connectivity index (χ4n) is 2.72. The minimum Gasteiger partial charge on any atom is -0.309 e. The predicted octanol–water partition coefficient (Wildman–Crippen LogP) is 3.33. The van der Waals surface area contributed by atoms with Crippen molar-refractivity contribution in [2.75, 3.05) is 13.1 Å². The average Bonchev–Trinajstić information content (AvgIpc) is 2.26. The van der Waals surface area contributed by atoms with Crippen LogP contribution in [0, 0.1) is 5.82 Å². The third-order valence-corrected chi connectivity index (χ3v) is 4.04. The molecule has 1 aliphatic heterocycles. The zero-order valence-electron chi connectivity index (χ0n) is 11.1. The number of halogens is 2. The van der Waals surface area contributed by atoms with E-state index in [4.69, 9.17) is 0 Å². The standard InChI is InChI=1S/C14H20BrFN2/c1-9-7-18(8-10(2)17-9)11(3)13-5-4-12(15)6-14(13)16/h4-6,9-11,17H,7-8H2,1-3H3. The number of nitrogens with one attached hydrogen (secondary N) is 1. The van der Waals surface area contributed by atoms with Gasteiger partial charge < -0.3 is 5.32 Å². The van der Waals surface area contributed by atoms with Crippen molar-refractivity contribution in [3.8, 4) is 0 Å². The van der Waals surface area contributed by atoms with Crippen molar-refractivity contribution in [1.82, 2.24) is 10.2 Å². The summed E-state index contributed by atoms with van der Waals surface area (Å²) in [6, 6.07) is 6.35. The fourth-order valence-corrected chi connectivity index (χ4v) is 3.06. The van der Waals surface area contributed by atoms with Gasteiger partial charge in [-0.05, 0) is 32.9 Å². The third kappa shape index (κ3) is 3.11. The largest absolute Gasteiger partial charge is 0.309 e. The lowest BCUT2D eigenvalue weighted by molar-refractivity contribution is 0.129. The average molecular weight is 315 g/mol. The molecule has 2 rings (SSSR count). The Morgan fingerprint density at radius 3 is 2.50 bits per heavy atom. The summed E-state index contributed by atoms with van der Waals surface area (Å²) < 4.78 is 14.8. The molecule has 1 saturated heterocycles. The molecule has 0 aliphatic carbocycles. The first-order chi connectivity index (χ1) is 8.47. The molecule has 1 aliphatic rings. The third-order valence-electron chi connectivity index (χ3n) is 3.55. The van der Waals surface area contributed by atoms with Crippen molar-refractivity contribution >= 4 is 15.9 Å². The Morgan fingerprint density at radius 1 is 1.33 bits per heavy atom. The molecule has 0 radical (unpaired) electrons. The summed E-state index contributed by atoms with van der Waals surface area (Å²) in [5, 5.41) is 3.50. The highest BCUT2D eigenvalue weighted by Crippen LogP contribution is 2.26. The molecular formula is C14H20BrFN2. The lowest BCUT2D eigenvalue weighted by Gasteiger charge is -2.39. The van der Waals surface area contributed by atoms with Crippen LogP contribution in [0.5, 0.6) is 0 Å². The molecule has 0 amide bonds. The highest BCUT2D eigenvalue weighted by Gasteiger charge is 2.26. The van der Waals surface area contributed by atoms with E-state index in [1.54, 1.807) is 6.07 Å². The van der Waals surface area contributed by atoms with E-state index < -0.39 is 0 Å². The summed E-state index contributed by atoms with van der Waals surface area (Å²) in [7, 11) is 0. The Kier molecular flexibility index (Phi) is 4.41. The predicted molar refractivity (Wildman–Crippen MR) is 76.1 cm³/mol. The van der Waals surface area contributed by atoms with Gasteiger partial charge in [-0.15, -0.1) is 0 Å². The Bertz CT molecular complexity index is 414. The van der Waals surface area contributed by atoms with E-state index in [1.165, 1.54) is 0 Å². The molecule has 18 heavy (non-hydrogen) atoms. The molecule has 1 N–H and O–H groups in total. The van der Waals surface area contributed by atoms with Crippen molar-refractivity contribution in [2.24, 2.45) is 0 Å². The van der Waals surface area contributed by atoms with E-state index in [9.17, 15) is 4.39 Å². The number of hydrogen-bond acceptors (Lipinski definition) is 2. The van der Waals surface area contributed by atoms with Crippen LogP contribution in [0.3, 0.4) is 0 Å². The number of hydrogen-bond donors (Lipinski definition) is 1. The smallest absolute Gasteiger partial charge is 0.129 e. The van der Waals surface area contributed by atoms with Crippen molar-refractivity contribution in [1.29, 1.82) is 0 Å². The monoisotopic (exact) mass is 314 g/mol. The number of benzene rings is 1. The maximum Gasteiger partial charge on any atom is 0.129 e. The van der Waals surface area contributed by atoms with Gasteiger partial charge in [0.1, 0.15) is 5.82 Å². The molecule has 100 valence electrons. The Morgan fingerprint density at radius 2 is 1.94 bits per heavy atom. The molecular weight excluding hydrogens is 295 g/mol. The summed E-state index contributed by atoms with van der Waals surface area (Å²) in [5.41, 5.74) is 0.777. The van der Waals surface area contributed by atoms with Gasteiger partial charge in [-0.2, -0.15) is 0 Å². The van der Waals surface area contributed by atoms with E-state index in [1.807, 2.05) is 12.1 Å². The van der Waals surface area contributed by atoms with Gasteiger partial charge in [0.15, 0.2) is 0 Å². The van der Waals surface area contributed by atoms with Gasteiger partial charge in [-0.3, -0.25) is 4.90 Å². The second-order valence-corrected chi connectivity index (χ2v) is 6.18. The summed E-state index contributed by atoms with van der Waals surface area (Å²) in [6.45, 7) is 8.35. The maximum absolute atomic E-state index is 14.0. The van der Waals surface area contributed by atoms with Gasteiger partial charge in [-0.1, -0.05) is 22.0 Å². The fraction of sp³-hybridized carbons (Fsp3) is 0.571. The van der Waals surface area contributed by atoms with Crippen LogP contribution < -0.4 is 5.32 Å². The van der Waals surface area contributed by atoms with Gasteiger partial charge in [0.05, 0.1) is 0 Å². The van der Waals surface area contributed by atoms with Crippen LogP contribution in [0.15, 0.2) is 22.7 Å². The molecule has 0 aromatic heterocycles. The van der Waals surface area contributed by atoms with Crippen molar-refractivity contribution in [3.63, 3.8) is 0 Å². The normalized spacial score (nSPS) is 27.2. The van der Waals surface area contributed by atoms with Crippen LogP contribution in [-0.2, 0) is 0 Å². The van der Waals surface area contributed by atoms with Gasteiger partial charge in [0.25, 0.3) is 0 Å². The first-order valence-electron chi connectivity index (χ1n) is 6.42. The van der Waals surface area contributed by atoms with E-state index in [-0.39, 0.29) is 11.9 Å². The van der Waals surface area contributed by atoms with Crippen LogP contribution >= 0.6 is 15.9 Å². The Balaban J connectivity index is 2.17. The SMILES string of the molecule is CC1CN(C(C)c2ccc(Br)cc2F)CC(C)N1. The second kappa shape index (κ2) is 5.68. The topological polar surface area (TPSA) is 15.3 Å². The highest BCUT2D eigenvalue weighted by atomic mass is 79.9. The van der Waals surface area contributed by atoms with E-state index in [0.717, 1.165) is 23.1 Å². The molecule has 0 spiro atoms. The van der Waals surface area contributed by atoms with Crippen LogP contribution in [0.4, 0.5) is 4.39 Å². The molecule has 0 saturated carbocycles. The molecule has 0 bridgehead atoms. The first-order valence-corrected chi connectivity index (χ1v) is 7.21. The van der Waals surface area contributed by atoms with Crippen molar-refractivity contribution in [3.05, 3.63) is 34.1 Å². The van der Waals surface area contributed by atoms with E-state index in [2.05, 4.69) is 46.9 Å². The summed E-state index contributed by atoms with van der Waals surface area (Å²) >= 11 is 3.30. The number of piperazine rings is 1. The first kappa shape index (κ1) is 14.0. The molecule has 1 aromatic carbocycles.